The first-order chi connectivity index (χ1) is 8.74. The maximum absolute atomic E-state index is 9.45. The Bertz CT molecular complexity index is 433. The van der Waals surface area contributed by atoms with Crippen LogP contribution in [0.25, 0.3) is 0 Å². The fraction of sp³-hybridized carbons (Fsp3) is 0.600. The van der Waals surface area contributed by atoms with Crippen molar-refractivity contribution in [2.75, 3.05) is 6.61 Å². The summed E-state index contributed by atoms with van der Waals surface area (Å²) >= 11 is 0. The number of hydrogen-bond acceptors (Lipinski definition) is 3. The van der Waals surface area contributed by atoms with Crippen LogP contribution in [0.15, 0.2) is 18.2 Å². The van der Waals surface area contributed by atoms with E-state index < -0.39 is 0 Å². The molecule has 0 saturated heterocycles. The highest BCUT2D eigenvalue weighted by Crippen LogP contribution is 2.36. The molecule has 0 radical (unpaired) electrons. The van der Waals surface area contributed by atoms with E-state index in [9.17, 15) is 5.11 Å². The summed E-state index contributed by atoms with van der Waals surface area (Å²) in [5, 5.41) is 13.2. The minimum absolute atomic E-state index is 0.278. The second kappa shape index (κ2) is 4.81. The molecule has 1 aliphatic carbocycles. The fourth-order valence-corrected chi connectivity index (χ4v) is 3.16. The molecule has 3 rings (SSSR count). The Labute approximate surface area is 108 Å². The van der Waals surface area contributed by atoms with Crippen LogP contribution in [-0.2, 0) is 0 Å². The number of phenols is 1. The normalized spacial score (nSPS) is 30.8. The van der Waals surface area contributed by atoms with Gasteiger partial charge in [0.1, 0.15) is 18.1 Å². The molecule has 0 amide bonds. The quantitative estimate of drug-likeness (QED) is 0.844. The minimum Gasteiger partial charge on any atom is -0.508 e. The summed E-state index contributed by atoms with van der Waals surface area (Å²) in [4.78, 5) is 0. The lowest BCUT2D eigenvalue weighted by atomic mass is 9.85. The molecule has 0 spiro atoms. The van der Waals surface area contributed by atoms with Crippen LogP contribution in [-0.4, -0.2) is 17.8 Å². The van der Waals surface area contributed by atoms with Crippen LogP contribution in [0.3, 0.4) is 0 Å². The highest BCUT2D eigenvalue weighted by molar-refractivity contribution is 5.44. The van der Waals surface area contributed by atoms with Crippen molar-refractivity contribution < 1.29 is 9.84 Å². The monoisotopic (exact) mass is 247 g/mol. The highest BCUT2D eigenvalue weighted by atomic mass is 16.5. The van der Waals surface area contributed by atoms with Crippen LogP contribution >= 0.6 is 0 Å². The molecular weight excluding hydrogens is 226 g/mol. The first kappa shape index (κ1) is 11.8. The van der Waals surface area contributed by atoms with Gasteiger partial charge >= 0.3 is 0 Å². The lowest BCUT2D eigenvalue weighted by Gasteiger charge is -2.31. The van der Waals surface area contributed by atoms with Crippen molar-refractivity contribution >= 4 is 0 Å². The number of phenolic OH excluding ortho intramolecular Hbond substituents is 1. The lowest BCUT2D eigenvalue weighted by Crippen LogP contribution is -2.40. The largest absolute Gasteiger partial charge is 0.508 e. The number of ether oxygens (including phenoxy) is 1. The van der Waals surface area contributed by atoms with E-state index >= 15 is 0 Å². The topological polar surface area (TPSA) is 41.5 Å². The molecule has 1 aromatic carbocycles. The Morgan fingerprint density at radius 3 is 2.94 bits per heavy atom. The molecule has 1 heterocycles. The van der Waals surface area contributed by atoms with E-state index in [0.717, 1.165) is 11.7 Å². The van der Waals surface area contributed by atoms with E-state index in [1.165, 1.54) is 31.2 Å². The summed E-state index contributed by atoms with van der Waals surface area (Å²) < 4.78 is 5.65. The molecule has 1 fully saturated rings. The summed E-state index contributed by atoms with van der Waals surface area (Å²) in [6, 6.07) is 6.31. The van der Waals surface area contributed by atoms with Crippen LogP contribution in [0.5, 0.6) is 11.5 Å². The summed E-state index contributed by atoms with van der Waals surface area (Å²) in [7, 11) is 0. The Morgan fingerprint density at radius 1 is 1.28 bits per heavy atom. The Morgan fingerprint density at radius 2 is 2.11 bits per heavy atom. The van der Waals surface area contributed by atoms with Crippen molar-refractivity contribution in [3.05, 3.63) is 23.8 Å². The Balaban J connectivity index is 1.72. The average molecular weight is 247 g/mol. The summed E-state index contributed by atoms with van der Waals surface area (Å²) in [6.45, 7) is 3.02. The number of nitrogens with one attached hydrogen (secondary N) is 1. The highest BCUT2D eigenvalue weighted by Gasteiger charge is 2.29. The van der Waals surface area contributed by atoms with Crippen LogP contribution < -0.4 is 10.1 Å². The van der Waals surface area contributed by atoms with Gasteiger partial charge in [0.25, 0.3) is 0 Å². The number of hydrogen-bond donors (Lipinski definition) is 2. The molecule has 3 nitrogen and oxygen atoms in total. The molecule has 3 heteroatoms. The van der Waals surface area contributed by atoms with E-state index in [1.54, 1.807) is 12.1 Å². The van der Waals surface area contributed by atoms with Crippen molar-refractivity contribution in [1.82, 2.24) is 5.32 Å². The summed E-state index contributed by atoms with van der Waals surface area (Å²) in [6.07, 6.45) is 5.29. The van der Waals surface area contributed by atoms with Crippen molar-refractivity contribution in [2.45, 2.75) is 44.7 Å². The van der Waals surface area contributed by atoms with Crippen molar-refractivity contribution in [3.8, 4) is 11.5 Å². The van der Waals surface area contributed by atoms with Gasteiger partial charge in [0, 0.05) is 17.7 Å². The van der Waals surface area contributed by atoms with Crippen molar-refractivity contribution in [1.29, 1.82) is 0 Å². The molecule has 1 aliphatic heterocycles. The number of rotatable bonds is 2. The second-order valence-electron chi connectivity index (χ2n) is 5.62. The van der Waals surface area contributed by atoms with Gasteiger partial charge in [-0.2, -0.15) is 0 Å². The van der Waals surface area contributed by atoms with Gasteiger partial charge in [-0.15, -0.1) is 0 Å². The van der Waals surface area contributed by atoms with Crippen LogP contribution in [0.1, 0.15) is 44.2 Å². The predicted octanol–water partition coefficient (Wildman–Crippen LogP) is 2.99. The smallest absolute Gasteiger partial charge is 0.127 e. The maximum atomic E-state index is 9.45. The third-order valence-electron chi connectivity index (χ3n) is 4.30. The number of fused-ring (bicyclic) bond motifs is 1. The first-order valence-electron chi connectivity index (χ1n) is 6.96. The van der Waals surface area contributed by atoms with E-state index in [2.05, 4.69) is 12.2 Å². The van der Waals surface area contributed by atoms with Gasteiger partial charge in [-0.25, -0.2) is 0 Å². The fourth-order valence-electron chi connectivity index (χ4n) is 3.16. The van der Waals surface area contributed by atoms with Gasteiger partial charge in [0.15, 0.2) is 0 Å². The van der Waals surface area contributed by atoms with E-state index in [4.69, 9.17) is 4.74 Å². The Kier molecular flexibility index (Phi) is 3.16. The van der Waals surface area contributed by atoms with E-state index in [-0.39, 0.29) is 11.8 Å². The maximum Gasteiger partial charge on any atom is 0.127 e. The third kappa shape index (κ3) is 2.19. The van der Waals surface area contributed by atoms with Gasteiger partial charge < -0.3 is 15.2 Å². The SMILES string of the molecule is CC1CCCCC1NC1COc2cc(O)ccc21. The third-order valence-corrected chi connectivity index (χ3v) is 4.30. The minimum atomic E-state index is 0.278. The number of aromatic hydroxyl groups is 1. The zero-order valence-electron chi connectivity index (χ0n) is 10.9. The summed E-state index contributed by atoms with van der Waals surface area (Å²) in [5.74, 6) is 1.86. The molecule has 98 valence electrons. The van der Waals surface area contributed by atoms with Gasteiger partial charge in [0.05, 0.1) is 6.04 Å². The van der Waals surface area contributed by atoms with Gasteiger partial charge in [-0.1, -0.05) is 19.8 Å². The molecule has 2 aliphatic rings. The molecule has 3 unspecified atom stereocenters. The van der Waals surface area contributed by atoms with E-state index in [0.29, 0.717) is 12.6 Å². The molecule has 0 bridgehead atoms. The van der Waals surface area contributed by atoms with Crippen LogP contribution in [0.2, 0.25) is 0 Å². The molecular formula is C15H21NO2. The summed E-state index contributed by atoms with van der Waals surface area (Å²) in [5.41, 5.74) is 1.19. The van der Waals surface area contributed by atoms with Crippen molar-refractivity contribution in [2.24, 2.45) is 5.92 Å². The molecule has 1 aromatic rings. The van der Waals surface area contributed by atoms with Crippen LogP contribution in [0.4, 0.5) is 0 Å². The van der Waals surface area contributed by atoms with Crippen molar-refractivity contribution in [3.63, 3.8) is 0 Å². The zero-order valence-corrected chi connectivity index (χ0v) is 10.9. The second-order valence-corrected chi connectivity index (χ2v) is 5.62. The number of benzene rings is 1. The zero-order chi connectivity index (χ0) is 12.5. The molecule has 0 aromatic heterocycles. The van der Waals surface area contributed by atoms with Gasteiger partial charge in [-0.3, -0.25) is 0 Å². The van der Waals surface area contributed by atoms with E-state index in [1.807, 2.05) is 6.07 Å². The molecule has 1 saturated carbocycles. The molecule has 3 atom stereocenters. The molecule has 2 N–H and O–H groups in total. The predicted molar refractivity (Wildman–Crippen MR) is 70.9 cm³/mol. The standard InChI is InChI=1S/C15H21NO2/c1-10-4-2-3-5-13(10)16-14-9-18-15-8-11(17)6-7-12(14)15/h6-8,10,13-14,16-17H,2-5,9H2,1H3. The molecule has 18 heavy (non-hydrogen) atoms. The Hall–Kier alpha value is -1.22. The first-order valence-corrected chi connectivity index (χ1v) is 6.96. The van der Waals surface area contributed by atoms with Gasteiger partial charge in [0.2, 0.25) is 0 Å². The van der Waals surface area contributed by atoms with Gasteiger partial charge in [-0.05, 0) is 30.9 Å². The lowest BCUT2D eigenvalue weighted by molar-refractivity contribution is 0.233. The average Bonchev–Trinajstić information content (AvgIpc) is 2.74. The van der Waals surface area contributed by atoms with Crippen LogP contribution in [0, 0.1) is 5.92 Å².